The molecule has 34 heavy (non-hydrogen) atoms. The number of hydrogen-bond donors (Lipinski definition) is 1. The Morgan fingerprint density at radius 3 is 2.47 bits per heavy atom. The summed E-state index contributed by atoms with van der Waals surface area (Å²) in [5, 5.41) is 0. The topological polar surface area (TPSA) is 92.0 Å². The summed E-state index contributed by atoms with van der Waals surface area (Å²) in [7, 11) is 1.35. The molecule has 1 atom stereocenters. The molecule has 0 spiro atoms. The molecule has 8 heteroatoms. The monoisotopic (exact) mass is 466 g/mol. The van der Waals surface area contributed by atoms with Crippen molar-refractivity contribution in [3.8, 4) is 17.2 Å². The zero-order chi connectivity index (χ0) is 24.3. The van der Waals surface area contributed by atoms with Crippen LogP contribution in [0, 0.1) is 6.92 Å². The second-order valence-electron chi connectivity index (χ2n) is 7.29. The van der Waals surface area contributed by atoms with Gasteiger partial charge in [-0.1, -0.05) is 30.3 Å². The van der Waals surface area contributed by atoms with E-state index in [0.29, 0.717) is 48.4 Å². The Balaban J connectivity index is 1.75. The number of carbonyl (C=O) groups is 1. The molecule has 2 aromatic carbocycles. The van der Waals surface area contributed by atoms with E-state index in [-0.39, 0.29) is 0 Å². The molecule has 0 aliphatic heterocycles. The summed E-state index contributed by atoms with van der Waals surface area (Å²) in [5.41, 5.74) is 5.79. The number of benzene rings is 2. The maximum atomic E-state index is 11.9. The van der Waals surface area contributed by atoms with E-state index in [9.17, 15) is 4.79 Å². The molecule has 0 aliphatic rings. The van der Waals surface area contributed by atoms with Crippen molar-refractivity contribution in [2.75, 3.05) is 20.3 Å². The highest BCUT2D eigenvalue weighted by atomic mass is 16.6. The predicted molar refractivity (Wildman–Crippen MR) is 128 cm³/mol. The lowest BCUT2D eigenvalue weighted by molar-refractivity contribution is -0.153. The van der Waals surface area contributed by atoms with Crippen LogP contribution < -0.4 is 10.2 Å². The van der Waals surface area contributed by atoms with Gasteiger partial charge in [-0.05, 0) is 50.6 Å². The number of nitrogens with zero attached hydrogens (tertiary/aromatic N) is 1. The second-order valence-corrected chi connectivity index (χ2v) is 7.29. The molecule has 1 aromatic heterocycles. The first kappa shape index (κ1) is 25.0. The zero-order valence-corrected chi connectivity index (χ0v) is 19.9. The van der Waals surface area contributed by atoms with E-state index < -0.39 is 12.1 Å². The highest BCUT2D eigenvalue weighted by molar-refractivity contribution is 5.75. The molecule has 180 valence electrons. The van der Waals surface area contributed by atoms with E-state index in [4.69, 9.17) is 23.5 Å². The van der Waals surface area contributed by atoms with Gasteiger partial charge >= 0.3 is 5.97 Å². The lowest BCUT2D eigenvalue weighted by Crippen LogP contribution is -2.28. The first-order valence-electron chi connectivity index (χ1n) is 11.1. The van der Waals surface area contributed by atoms with Gasteiger partial charge in [-0.15, -0.1) is 0 Å². The van der Waals surface area contributed by atoms with Gasteiger partial charge in [0.2, 0.25) is 5.89 Å². The number of ether oxygens (including phenoxy) is 3. The summed E-state index contributed by atoms with van der Waals surface area (Å²) in [6.07, 6.45) is 1.30. The van der Waals surface area contributed by atoms with Crippen LogP contribution in [0.5, 0.6) is 5.75 Å². The molecule has 1 heterocycles. The number of hydroxylamine groups is 1. The number of aromatic nitrogens is 1. The Bertz CT molecular complexity index is 1080. The molecule has 1 N–H and O–H groups in total. The van der Waals surface area contributed by atoms with Crippen LogP contribution in [0.3, 0.4) is 0 Å². The first-order chi connectivity index (χ1) is 16.5. The maximum Gasteiger partial charge on any atom is 0.335 e. The van der Waals surface area contributed by atoms with Crippen LogP contribution in [-0.2, 0) is 25.5 Å². The lowest BCUT2D eigenvalue weighted by atomic mass is 10.1. The second kappa shape index (κ2) is 12.6. The summed E-state index contributed by atoms with van der Waals surface area (Å²) < 4.78 is 22.0. The van der Waals surface area contributed by atoms with Crippen molar-refractivity contribution < 1.29 is 28.3 Å². The first-order valence-corrected chi connectivity index (χ1v) is 11.1. The summed E-state index contributed by atoms with van der Waals surface area (Å²) in [6, 6.07) is 17.0. The van der Waals surface area contributed by atoms with E-state index in [1.807, 2.05) is 75.4 Å². The highest BCUT2D eigenvalue weighted by Gasteiger charge is 2.20. The Labute approximate surface area is 199 Å². The fraction of sp³-hybridized carbons (Fsp3) is 0.308. The van der Waals surface area contributed by atoms with Gasteiger partial charge in [-0.3, -0.25) is 10.3 Å². The molecule has 8 nitrogen and oxygen atoms in total. The number of rotatable bonds is 12. The number of oxazole rings is 1. The number of methoxy groups -OCH3 is 1. The summed E-state index contributed by atoms with van der Waals surface area (Å²) >= 11 is 0. The van der Waals surface area contributed by atoms with Crippen LogP contribution in [-0.4, -0.2) is 37.4 Å². The number of nitrogens with one attached hydrogen (secondary N) is 1. The third-order valence-corrected chi connectivity index (χ3v) is 4.89. The number of hydrogen-bond acceptors (Lipinski definition) is 8. The number of esters is 1. The van der Waals surface area contributed by atoms with Gasteiger partial charge in [0, 0.05) is 18.6 Å². The van der Waals surface area contributed by atoms with Crippen LogP contribution in [0.25, 0.3) is 17.2 Å². The van der Waals surface area contributed by atoms with Gasteiger partial charge < -0.3 is 18.6 Å². The largest absolute Gasteiger partial charge is 0.467 e. The molecular formula is C26H30N2O6. The smallest absolute Gasteiger partial charge is 0.335 e. The van der Waals surface area contributed by atoms with Gasteiger partial charge in [0.25, 0.3) is 0 Å². The molecule has 3 aromatic rings. The Kier molecular flexibility index (Phi) is 9.25. The van der Waals surface area contributed by atoms with E-state index >= 15 is 0 Å². The van der Waals surface area contributed by atoms with Crippen LogP contribution in [0.15, 0.2) is 65.3 Å². The summed E-state index contributed by atoms with van der Waals surface area (Å²) in [6.45, 7) is 6.43. The van der Waals surface area contributed by atoms with Crippen molar-refractivity contribution in [3.05, 3.63) is 77.9 Å². The highest BCUT2D eigenvalue weighted by Crippen LogP contribution is 2.25. The third-order valence-electron chi connectivity index (χ3n) is 4.89. The van der Waals surface area contributed by atoms with Crippen molar-refractivity contribution >= 4 is 11.7 Å². The van der Waals surface area contributed by atoms with Crippen molar-refractivity contribution in [1.82, 2.24) is 10.5 Å². The quantitative estimate of drug-likeness (QED) is 0.234. The molecule has 3 rings (SSSR count). The van der Waals surface area contributed by atoms with Gasteiger partial charge in [-0.2, -0.15) is 0 Å². The van der Waals surface area contributed by atoms with E-state index in [1.54, 1.807) is 0 Å². The SMILES string of the molecule is CCONC(=COc1ccc(CC(OCC)C(=O)OC)cc1)c1nc(-c2ccccc2)oc1C. The van der Waals surface area contributed by atoms with Crippen molar-refractivity contribution in [3.63, 3.8) is 0 Å². The van der Waals surface area contributed by atoms with Crippen molar-refractivity contribution in [2.24, 2.45) is 0 Å². The average Bonchev–Trinajstić information content (AvgIpc) is 3.26. The predicted octanol–water partition coefficient (Wildman–Crippen LogP) is 4.69. The molecule has 0 bridgehead atoms. The van der Waals surface area contributed by atoms with Crippen LogP contribution in [0.4, 0.5) is 0 Å². The molecule has 1 unspecified atom stereocenters. The maximum absolute atomic E-state index is 11.9. The molecule has 0 saturated heterocycles. The minimum atomic E-state index is -0.641. The number of carbonyl (C=O) groups excluding carboxylic acids is 1. The van der Waals surface area contributed by atoms with Gasteiger partial charge in [0.05, 0.1) is 13.7 Å². The molecular weight excluding hydrogens is 436 g/mol. The third kappa shape index (κ3) is 6.69. The van der Waals surface area contributed by atoms with Crippen LogP contribution in [0.2, 0.25) is 0 Å². The molecule has 0 fully saturated rings. The number of aryl methyl sites for hydroxylation is 1. The molecule has 0 aliphatic carbocycles. The summed E-state index contributed by atoms with van der Waals surface area (Å²) in [4.78, 5) is 21.9. The van der Waals surface area contributed by atoms with Crippen molar-refractivity contribution in [1.29, 1.82) is 0 Å². The fourth-order valence-electron chi connectivity index (χ4n) is 3.22. The normalized spacial score (nSPS) is 12.3. The summed E-state index contributed by atoms with van der Waals surface area (Å²) in [5.74, 6) is 1.35. The van der Waals surface area contributed by atoms with Gasteiger partial charge in [0.15, 0.2) is 6.10 Å². The van der Waals surface area contributed by atoms with Crippen molar-refractivity contribution in [2.45, 2.75) is 33.3 Å². The molecule has 0 saturated carbocycles. The van der Waals surface area contributed by atoms with Crippen LogP contribution in [0.1, 0.15) is 30.9 Å². The Morgan fingerprint density at radius 1 is 1.09 bits per heavy atom. The fourth-order valence-corrected chi connectivity index (χ4v) is 3.22. The lowest BCUT2D eigenvalue weighted by Gasteiger charge is -2.14. The standard InChI is InChI=1S/C26H30N2O6/c1-5-31-23(26(29)30-4)16-19-12-14-21(15-13-19)32-17-22(28-33-6-2)24-18(3)34-25(27-24)20-10-8-7-9-11-20/h7-15,17,23,28H,5-6,16H2,1-4H3. The minimum Gasteiger partial charge on any atom is -0.467 e. The van der Waals surface area contributed by atoms with E-state index in [2.05, 4.69) is 10.5 Å². The van der Waals surface area contributed by atoms with E-state index in [1.165, 1.54) is 13.4 Å². The molecule has 0 radical (unpaired) electrons. The van der Waals surface area contributed by atoms with Gasteiger partial charge in [-0.25, -0.2) is 9.78 Å². The Hall–Kier alpha value is -3.62. The Morgan fingerprint density at radius 2 is 1.82 bits per heavy atom. The van der Waals surface area contributed by atoms with Crippen LogP contribution >= 0.6 is 0 Å². The molecule has 0 amide bonds. The van der Waals surface area contributed by atoms with E-state index in [0.717, 1.165) is 11.1 Å². The zero-order valence-electron chi connectivity index (χ0n) is 19.9. The van der Waals surface area contributed by atoms with Gasteiger partial charge in [0.1, 0.15) is 29.2 Å². The average molecular weight is 467 g/mol. The minimum absolute atomic E-state index is 0.394.